The number of rotatable bonds is 15. The lowest BCUT2D eigenvalue weighted by atomic mass is 9.88. The number of pyridine rings is 1. The highest BCUT2D eigenvalue weighted by molar-refractivity contribution is 6.17. The Labute approximate surface area is 356 Å². The molecule has 1 atom stereocenters. The van der Waals surface area contributed by atoms with E-state index in [2.05, 4.69) is 81.0 Å². The number of benzene rings is 2. The number of piperidine rings is 2. The first-order valence-corrected chi connectivity index (χ1v) is 20.9. The van der Waals surface area contributed by atoms with Crippen LogP contribution in [0, 0.1) is 17.2 Å². The van der Waals surface area contributed by atoms with Crippen molar-refractivity contribution >= 4 is 63.8 Å². The number of hydrogen-bond acceptors (Lipinski definition) is 14. The van der Waals surface area contributed by atoms with Gasteiger partial charge in [0.2, 0.25) is 17.8 Å². The molecule has 3 aliphatic rings. The average molecular weight is 829 g/mol. The second kappa shape index (κ2) is 18.9. The van der Waals surface area contributed by atoms with Crippen molar-refractivity contribution in [2.45, 2.75) is 45.1 Å². The molecule has 7 N–H and O–H groups in total. The van der Waals surface area contributed by atoms with Gasteiger partial charge in [0, 0.05) is 100 Å². The molecule has 16 nitrogen and oxygen atoms in total. The third-order valence-corrected chi connectivity index (χ3v) is 11.6. The number of aliphatic hydroxyl groups is 1. The third-order valence-electron chi connectivity index (χ3n) is 11.6. The first-order chi connectivity index (χ1) is 29.4. The van der Waals surface area contributed by atoms with E-state index in [0.717, 1.165) is 81.4 Å². The van der Waals surface area contributed by atoms with Crippen molar-refractivity contribution < 1.29 is 19.5 Å². The van der Waals surface area contributed by atoms with Gasteiger partial charge in [-0.2, -0.15) is 4.98 Å². The van der Waals surface area contributed by atoms with Crippen molar-refractivity contribution in [1.29, 1.82) is 5.41 Å². The summed E-state index contributed by atoms with van der Waals surface area (Å²) in [5.74, 6) is -0.0364. The molecule has 3 saturated heterocycles. The molecule has 61 heavy (non-hydrogen) atoms. The van der Waals surface area contributed by atoms with Crippen LogP contribution in [0.1, 0.15) is 61.1 Å². The van der Waals surface area contributed by atoms with Gasteiger partial charge >= 0.3 is 0 Å². The number of nitrogens with one attached hydrogen (secondary N) is 6. The molecule has 0 radical (unpaired) electrons. The fourth-order valence-corrected chi connectivity index (χ4v) is 8.07. The van der Waals surface area contributed by atoms with Crippen molar-refractivity contribution in [3.8, 4) is 0 Å². The van der Waals surface area contributed by atoms with E-state index in [-0.39, 0.29) is 41.9 Å². The Morgan fingerprint density at radius 3 is 2.34 bits per heavy atom. The molecule has 0 aliphatic carbocycles. The number of imide groups is 1. The maximum Gasteiger partial charge on any atom is 0.256 e. The first kappa shape index (κ1) is 42.7. The van der Waals surface area contributed by atoms with Crippen LogP contribution in [0.3, 0.4) is 0 Å². The Morgan fingerprint density at radius 1 is 0.934 bits per heavy atom. The molecule has 4 aromatic rings. The molecule has 7 rings (SSSR count). The van der Waals surface area contributed by atoms with Crippen LogP contribution in [0.5, 0.6) is 0 Å². The van der Waals surface area contributed by atoms with Crippen molar-refractivity contribution in [2.75, 3.05) is 85.2 Å². The number of carbonyl (C=O) groups is 3. The fourth-order valence-electron chi connectivity index (χ4n) is 8.07. The molecular weight excluding hydrogens is 773 g/mol. The van der Waals surface area contributed by atoms with E-state index >= 15 is 0 Å². The van der Waals surface area contributed by atoms with E-state index in [4.69, 9.17) is 5.41 Å². The standard InChI is InChI=1S/C45H56N12O4/c1-5-19-48-42(59)35-27-49-44(54-41(35)52-38-8-6-7-37(51-38)45(2,3)61)50-30-9-11-31(12-10-30)57-24-22-55(23-25-57)28-29-17-20-56(21-18-29)32-13-14-33(36(26-32)47-4)40(46)34-15-16-39(58)53-43(34)60/h5-14,26-27,29,34,46-47,61H,1,15-25,28H2,2-4H3,(H,48,59)(H,53,58,60)(H2,49,50,51,52,54). The minimum absolute atomic E-state index is 0.238. The fraction of sp³-hybridized carbons (Fsp3) is 0.400. The zero-order valence-electron chi connectivity index (χ0n) is 35.1. The van der Waals surface area contributed by atoms with Gasteiger partial charge in [-0.1, -0.05) is 12.1 Å². The predicted molar refractivity (Wildman–Crippen MR) is 239 cm³/mol. The van der Waals surface area contributed by atoms with Crippen LogP contribution < -0.4 is 36.4 Å². The Bertz CT molecular complexity index is 2240. The van der Waals surface area contributed by atoms with Gasteiger partial charge in [0.15, 0.2) is 0 Å². The highest BCUT2D eigenvalue weighted by atomic mass is 16.3. The van der Waals surface area contributed by atoms with Gasteiger partial charge in [-0.15, -0.1) is 6.58 Å². The quantitative estimate of drug-likeness (QED) is 0.0480. The molecule has 5 heterocycles. The van der Waals surface area contributed by atoms with Crippen LogP contribution >= 0.6 is 0 Å². The molecule has 0 bridgehead atoms. The van der Waals surface area contributed by atoms with E-state index in [1.54, 1.807) is 38.1 Å². The van der Waals surface area contributed by atoms with E-state index in [0.29, 0.717) is 35.4 Å². The summed E-state index contributed by atoms with van der Waals surface area (Å²) < 4.78 is 0. The Balaban J connectivity index is 0.899. The molecule has 3 aliphatic heterocycles. The van der Waals surface area contributed by atoms with Gasteiger partial charge in [-0.3, -0.25) is 24.6 Å². The molecule has 16 heteroatoms. The predicted octanol–water partition coefficient (Wildman–Crippen LogP) is 5.00. The van der Waals surface area contributed by atoms with E-state index < -0.39 is 17.4 Å². The topological polar surface area (TPSA) is 204 Å². The second-order valence-corrected chi connectivity index (χ2v) is 16.3. The highest BCUT2D eigenvalue weighted by Crippen LogP contribution is 2.31. The zero-order chi connectivity index (χ0) is 43.1. The van der Waals surface area contributed by atoms with Gasteiger partial charge in [0.25, 0.3) is 5.91 Å². The third kappa shape index (κ3) is 10.5. The molecule has 0 spiro atoms. The lowest BCUT2D eigenvalue weighted by molar-refractivity contribution is -0.134. The highest BCUT2D eigenvalue weighted by Gasteiger charge is 2.32. The summed E-state index contributed by atoms with van der Waals surface area (Å²) >= 11 is 0. The van der Waals surface area contributed by atoms with Crippen molar-refractivity contribution in [2.24, 2.45) is 11.8 Å². The van der Waals surface area contributed by atoms with Gasteiger partial charge in [0.1, 0.15) is 22.8 Å². The molecular formula is C45H56N12O4. The zero-order valence-corrected chi connectivity index (χ0v) is 35.1. The Morgan fingerprint density at radius 2 is 1.66 bits per heavy atom. The molecule has 2 aromatic carbocycles. The Kier molecular flexibility index (Phi) is 13.2. The number of amides is 3. The summed E-state index contributed by atoms with van der Waals surface area (Å²) in [4.78, 5) is 58.0. The lowest BCUT2D eigenvalue weighted by Gasteiger charge is -2.40. The van der Waals surface area contributed by atoms with Crippen molar-refractivity contribution in [1.82, 2.24) is 30.5 Å². The van der Waals surface area contributed by atoms with Crippen LogP contribution in [0.2, 0.25) is 0 Å². The molecule has 3 amide bonds. The SMILES string of the molecule is C=CCNC(=O)c1cnc(Nc2ccc(N3CCN(CC4CCN(c5ccc(C(=N)C6CCC(=O)NC6=O)c(NC)c5)CC4)CC3)cc2)nc1Nc1cccc(C(C)(C)O)n1. The first-order valence-electron chi connectivity index (χ1n) is 20.9. The van der Waals surface area contributed by atoms with Crippen LogP contribution in [0.4, 0.5) is 40.3 Å². The Hall–Kier alpha value is -6.39. The molecule has 0 saturated carbocycles. The smallest absolute Gasteiger partial charge is 0.256 e. The van der Waals surface area contributed by atoms with E-state index in [9.17, 15) is 19.5 Å². The average Bonchev–Trinajstić information content (AvgIpc) is 3.26. The van der Waals surface area contributed by atoms with Gasteiger partial charge in [-0.25, -0.2) is 9.97 Å². The van der Waals surface area contributed by atoms with Crippen molar-refractivity contribution in [3.05, 3.63) is 96.3 Å². The number of piperazine rings is 1. The molecule has 2 aromatic heterocycles. The van der Waals surface area contributed by atoms with Gasteiger partial charge < -0.3 is 41.6 Å². The molecule has 3 fully saturated rings. The number of anilines is 7. The minimum atomic E-state index is -1.15. The van der Waals surface area contributed by atoms with Gasteiger partial charge in [0.05, 0.1) is 17.3 Å². The summed E-state index contributed by atoms with van der Waals surface area (Å²) in [6.07, 6.45) is 5.89. The molecule has 1 unspecified atom stereocenters. The second-order valence-electron chi connectivity index (χ2n) is 16.3. The van der Waals surface area contributed by atoms with Crippen LogP contribution in [0.25, 0.3) is 0 Å². The lowest BCUT2D eigenvalue weighted by Crippen LogP contribution is -2.49. The number of nitrogens with zero attached hydrogens (tertiary/aromatic N) is 6. The summed E-state index contributed by atoms with van der Waals surface area (Å²) in [5, 5.41) is 34.0. The normalized spacial score (nSPS) is 17.7. The number of aromatic nitrogens is 3. The summed E-state index contributed by atoms with van der Waals surface area (Å²) in [6, 6.07) is 19.5. The monoisotopic (exact) mass is 828 g/mol. The number of carbonyl (C=O) groups excluding carboxylic acids is 3. The van der Waals surface area contributed by atoms with Crippen LogP contribution in [-0.4, -0.2) is 108 Å². The summed E-state index contributed by atoms with van der Waals surface area (Å²) in [5.41, 5.74) is 4.37. The van der Waals surface area contributed by atoms with Gasteiger partial charge in [-0.05, 0) is 93.6 Å². The maximum absolute atomic E-state index is 13.0. The van der Waals surface area contributed by atoms with Crippen LogP contribution in [0.15, 0.2) is 79.5 Å². The van der Waals surface area contributed by atoms with E-state index in [1.807, 2.05) is 31.3 Å². The molecule has 320 valence electrons. The summed E-state index contributed by atoms with van der Waals surface area (Å²) in [6.45, 7) is 14.2. The largest absolute Gasteiger partial charge is 0.388 e. The van der Waals surface area contributed by atoms with Crippen molar-refractivity contribution in [3.63, 3.8) is 0 Å². The van der Waals surface area contributed by atoms with E-state index in [1.165, 1.54) is 6.20 Å². The minimum Gasteiger partial charge on any atom is -0.388 e. The number of hydrogen-bond donors (Lipinski definition) is 7. The maximum atomic E-state index is 13.0. The van der Waals surface area contributed by atoms with Crippen LogP contribution in [-0.2, 0) is 15.2 Å². The summed E-state index contributed by atoms with van der Waals surface area (Å²) in [7, 11) is 1.83.